The van der Waals surface area contributed by atoms with Crippen molar-refractivity contribution in [3.05, 3.63) is 48.0 Å². The Kier molecular flexibility index (Phi) is 5.55. The molecule has 0 saturated carbocycles. The highest BCUT2D eigenvalue weighted by atomic mass is 16.5. The summed E-state index contributed by atoms with van der Waals surface area (Å²) in [5.74, 6) is 0.725. The summed E-state index contributed by atoms with van der Waals surface area (Å²) in [5, 5.41) is 12.1. The molecule has 0 spiro atoms. The van der Waals surface area contributed by atoms with Gasteiger partial charge in [0.15, 0.2) is 0 Å². The number of hydrogen-bond donors (Lipinski definition) is 2. The van der Waals surface area contributed by atoms with Crippen molar-refractivity contribution >= 4 is 5.91 Å². The molecule has 22 heavy (non-hydrogen) atoms. The van der Waals surface area contributed by atoms with Crippen molar-refractivity contribution in [2.75, 3.05) is 13.2 Å². The first-order valence-corrected chi connectivity index (χ1v) is 7.14. The Morgan fingerprint density at radius 2 is 2.23 bits per heavy atom. The lowest BCUT2D eigenvalue weighted by Crippen LogP contribution is -2.31. The quantitative estimate of drug-likeness (QED) is 0.819. The number of aliphatic hydroxyl groups is 1. The third-order valence-electron chi connectivity index (χ3n) is 2.94. The van der Waals surface area contributed by atoms with E-state index in [1.807, 2.05) is 13.8 Å². The summed E-state index contributed by atoms with van der Waals surface area (Å²) < 4.78 is 10.8. The number of nitrogens with one attached hydrogen (secondary N) is 1. The number of amides is 1. The number of aromatic nitrogens is 1. The smallest absolute Gasteiger partial charge is 0.257 e. The molecular weight excluding hydrogens is 284 g/mol. The molecule has 0 saturated heterocycles. The Bertz CT molecular complexity index is 596. The van der Waals surface area contributed by atoms with Crippen LogP contribution in [0, 0.1) is 5.92 Å². The van der Waals surface area contributed by atoms with Crippen LogP contribution in [0.25, 0.3) is 0 Å². The number of pyridine rings is 1. The van der Waals surface area contributed by atoms with Crippen LogP contribution >= 0.6 is 0 Å². The van der Waals surface area contributed by atoms with Gasteiger partial charge < -0.3 is 19.6 Å². The van der Waals surface area contributed by atoms with Crippen molar-refractivity contribution in [3.63, 3.8) is 0 Å². The lowest BCUT2D eigenvalue weighted by atomic mass is 10.2. The van der Waals surface area contributed by atoms with E-state index in [9.17, 15) is 9.90 Å². The molecule has 0 radical (unpaired) electrons. The Morgan fingerprint density at radius 3 is 2.86 bits per heavy atom. The van der Waals surface area contributed by atoms with Crippen molar-refractivity contribution in [1.29, 1.82) is 0 Å². The molecule has 2 heterocycles. The minimum Gasteiger partial charge on any atom is -0.477 e. The van der Waals surface area contributed by atoms with E-state index in [0.717, 1.165) is 0 Å². The lowest BCUT2D eigenvalue weighted by molar-refractivity contribution is 0.0901. The largest absolute Gasteiger partial charge is 0.477 e. The number of furan rings is 1. The van der Waals surface area contributed by atoms with Gasteiger partial charge >= 0.3 is 0 Å². The van der Waals surface area contributed by atoms with Gasteiger partial charge in [0.2, 0.25) is 5.88 Å². The number of carbonyl (C=O) groups is 1. The van der Waals surface area contributed by atoms with Crippen LogP contribution in [0.1, 0.15) is 36.0 Å². The Hall–Kier alpha value is -2.34. The molecule has 2 aromatic heterocycles. The van der Waals surface area contributed by atoms with E-state index >= 15 is 0 Å². The number of carbonyl (C=O) groups excluding carboxylic acids is 1. The fraction of sp³-hybridized carbons (Fsp3) is 0.375. The van der Waals surface area contributed by atoms with Crippen LogP contribution in [-0.2, 0) is 0 Å². The van der Waals surface area contributed by atoms with Crippen LogP contribution in [0.5, 0.6) is 5.88 Å². The van der Waals surface area contributed by atoms with Gasteiger partial charge in [-0.15, -0.1) is 0 Å². The highest BCUT2D eigenvalue weighted by Gasteiger charge is 2.20. The molecule has 0 bridgehead atoms. The van der Waals surface area contributed by atoms with Gasteiger partial charge in [-0.2, -0.15) is 0 Å². The van der Waals surface area contributed by atoms with Crippen LogP contribution in [0.15, 0.2) is 41.1 Å². The molecule has 0 aliphatic carbocycles. The zero-order valence-electron chi connectivity index (χ0n) is 12.7. The molecule has 6 heteroatoms. The summed E-state index contributed by atoms with van der Waals surface area (Å²) in [6.07, 6.45) is 3.06. The fourth-order valence-corrected chi connectivity index (χ4v) is 1.86. The third kappa shape index (κ3) is 4.08. The van der Waals surface area contributed by atoms with E-state index in [1.54, 1.807) is 30.5 Å². The van der Waals surface area contributed by atoms with Crippen LogP contribution in [0.2, 0.25) is 0 Å². The van der Waals surface area contributed by atoms with E-state index in [-0.39, 0.29) is 18.4 Å². The second kappa shape index (κ2) is 7.61. The van der Waals surface area contributed by atoms with Crippen molar-refractivity contribution < 1.29 is 19.1 Å². The Morgan fingerprint density at radius 1 is 1.41 bits per heavy atom. The first-order chi connectivity index (χ1) is 10.6. The van der Waals surface area contributed by atoms with Crippen molar-refractivity contribution in [2.45, 2.75) is 19.9 Å². The summed E-state index contributed by atoms with van der Waals surface area (Å²) in [5.41, 5.74) is 0.327. The van der Waals surface area contributed by atoms with E-state index in [0.29, 0.717) is 23.8 Å². The van der Waals surface area contributed by atoms with Gasteiger partial charge in [-0.1, -0.05) is 13.8 Å². The second-order valence-electron chi connectivity index (χ2n) is 5.29. The summed E-state index contributed by atoms with van der Waals surface area (Å²) in [6, 6.07) is 6.08. The molecule has 1 atom stereocenters. The highest BCUT2D eigenvalue weighted by Crippen LogP contribution is 2.18. The van der Waals surface area contributed by atoms with Crippen molar-refractivity contribution in [2.24, 2.45) is 5.92 Å². The van der Waals surface area contributed by atoms with Crippen LogP contribution < -0.4 is 10.1 Å². The van der Waals surface area contributed by atoms with E-state index in [4.69, 9.17) is 9.15 Å². The minimum atomic E-state index is -0.611. The number of aliphatic hydroxyl groups excluding tert-OH is 1. The zero-order valence-corrected chi connectivity index (χ0v) is 12.7. The SMILES string of the molecule is CC(C)COc1ncccc1C(=O)NC(CO)c1ccco1. The van der Waals surface area contributed by atoms with Crippen LogP contribution in [-0.4, -0.2) is 29.2 Å². The molecule has 0 fully saturated rings. The summed E-state index contributed by atoms with van der Waals surface area (Å²) in [4.78, 5) is 16.5. The second-order valence-corrected chi connectivity index (χ2v) is 5.29. The van der Waals surface area contributed by atoms with Gasteiger partial charge in [0, 0.05) is 6.20 Å². The van der Waals surface area contributed by atoms with Gasteiger partial charge in [0.05, 0.1) is 19.5 Å². The molecule has 118 valence electrons. The topological polar surface area (TPSA) is 84.6 Å². The maximum Gasteiger partial charge on any atom is 0.257 e. The highest BCUT2D eigenvalue weighted by molar-refractivity contribution is 5.96. The molecule has 0 aliphatic rings. The van der Waals surface area contributed by atoms with Gasteiger partial charge in [0.1, 0.15) is 17.4 Å². The normalized spacial score (nSPS) is 12.2. The van der Waals surface area contributed by atoms with Gasteiger partial charge in [0.25, 0.3) is 5.91 Å². The minimum absolute atomic E-state index is 0.262. The predicted octanol–water partition coefficient (Wildman–Crippen LogP) is 2.17. The van der Waals surface area contributed by atoms with Crippen molar-refractivity contribution in [3.8, 4) is 5.88 Å². The lowest BCUT2D eigenvalue weighted by Gasteiger charge is -2.16. The average Bonchev–Trinajstić information content (AvgIpc) is 3.04. The molecule has 1 unspecified atom stereocenters. The monoisotopic (exact) mass is 304 g/mol. The molecule has 2 aromatic rings. The molecule has 0 aromatic carbocycles. The first kappa shape index (κ1) is 16.0. The average molecular weight is 304 g/mol. The van der Waals surface area contributed by atoms with Crippen LogP contribution in [0.4, 0.5) is 0 Å². The molecule has 2 N–H and O–H groups in total. The third-order valence-corrected chi connectivity index (χ3v) is 2.94. The molecule has 0 aliphatic heterocycles. The Labute approximate surface area is 129 Å². The van der Waals surface area contributed by atoms with Gasteiger partial charge in [-0.25, -0.2) is 4.98 Å². The van der Waals surface area contributed by atoms with E-state index in [1.165, 1.54) is 6.26 Å². The molecular formula is C16H20N2O4. The Balaban J connectivity index is 2.11. The van der Waals surface area contributed by atoms with Gasteiger partial charge in [-0.05, 0) is 30.2 Å². The number of rotatable bonds is 7. The zero-order chi connectivity index (χ0) is 15.9. The number of hydrogen-bond acceptors (Lipinski definition) is 5. The predicted molar refractivity (Wildman–Crippen MR) is 80.6 cm³/mol. The maximum absolute atomic E-state index is 12.4. The fourth-order valence-electron chi connectivity index (χ4n) is 1.86. The summed E-state index contributed by atoms with van der Waals surface area (Å²) >= 11 is 0. The number of nitrogens with zero attached hydrogens (tertiary/aromatic N) is 1. The standard InChI is InChI=1S/C16H20N2O4/c1-11(2)10-22-16-12(5-3-7-17-16)15(20)18-13(9-19)14-6-4-8-21-14/h3-8,11,13,19H,9-10H2,1-2H3,(H,18,20). The first-order valence-electron chi connectivity index (χ1n) is 7.14. The molecule has 2 rings (SSSR count). The van der Waals surface area contributed by atoms with Crippen LogP contribution in [0.3, 0.4) is 0 Å². The van der Waals surface area contributed by atoms with Gasteiger partial charge in [-0.3, -0.25) is 4.79 Å². The van der Waals surface area contributed by atoms with Crippen molar-refractivity contribution in [1.82, 2.24) is 10.3 Å². The summed E-state index contributed by atoms with van der Waals surface area (Å²) in [6.45, 7) is 4.24. The van der Waals surface area contributed by atoms with E-state index in [2.05, 4.69) is 10.3 Å². The number of ether oxygens (including phenoxy) is 1. The van der Waals surface area contributed by atoms with E-state index < -0.39 is 6.04 Å². The molecule has 1 amide bonds. The molecule has 6 nitrogen and oxygen atoms in total. The maximum atomic E-state index is 12.4. The summed E-state index contributed by atoms with van der Waals surface area (Å²) in [7, 11) is 0.